The van der Waals surface area contributed by atoms with Crippen LogP contribution in [-0.4, -0.2) is 47.4 Å². The van der Waals surface area contributed by atoms with Crippen molar-refractivity contribution in [3.63, 3.8) is 0 Å². The molecule has 2 aliphatic carbocycles. The SMILES string of the molecule is CC(F)(F)CC(NC(=O)N1CCCC2(CCCc3ccccc32)C1)C(=O)NC1(C#N)CC1. The Morgan fingerprint density at radius 2 is 1.94 bits per heavy atom. The van der Waals surface area contributed by atoms with Gasteiger partial charge in [0.25, 0.3) is 0 Å². The summed E-state index contributed by atoms with van der Waals surface area (Å²) in [5.41, 5.74) is 1.48. The van der Waals surface area contributed by atoms with Crippen LogP contribution in [0.3, 0.4) is 0 Å². The molecule has 3 aliphatic rings. The molecule has 1 aromatic rings. The highest BCUT2D eigenvalue weighted by Gasteiger charge is 2.47. The van der Waals surface area contributed by atoms with E-state index in [0.717, 1.165) is 39.0 Å². The maximum absolute atomic E-state index is 13.8. The standard InChI is InChI=1S/C24H30F2N4O2/c1-22(25,26)14-19(20(31)29-24(15-27)11-12-24)28-21(32)30-13-5-10-23(16-30)9-4-7-17-6-2-3-8-18(17)23/h2-3,6,8,19H,4-5,7,9-14,16H2,1H3,(H,28,32)(H,29,31). The van der Waals surface area contributed by atoms with Crippen LogP contribution in [0.5, 0.6) is 0 Å². The Hall–Kier alpha value is -2.69. The van der Waals surface area contributed by atoms with Gasteiger partial charge in [-0.1, -0.05) is 24.3 Å². The van der Waals surface area contributed by atoms with Crippen LogP contribution in [-0.2, 0) is 16.6 Å². The lowest BCUT2D eigenvalue weighted by Gasteiger charge is -2.46. The summed E-state index contributed by atoms with van der Waals surface area (Å²) < 4.78 is 27.6. The maximum Gasteiger partial charge on any atom is 0.318 e. The van der Waals surface area contributed by atoms with Crippen LogP contribution in [0.4, 0.5) is 13.6 Å². The van der Waals surface area contributed by atoms with Crippen molar-refractivity contribution in [2.75, 3.05) is 13.1 Å². The van der Waals surface area contributed by atoms with Crippen LogP contribution in [0, 0.1) is 11.3 Å². The summed E-state index contributed by atoms with van der Waals surface area (Å²) in [4.78, 5) is 27.5. The first kappa shape index (κ1) is 22.5. The van der Waals surface area contributed by atoms with Crippen molar-refractivity contribution >= 4 is 11.9 Å². The maximum atomic E-state index is 13.8. The predicted molar refractivity (Wildman–Crippen MR) is 115 cm³/mol. The van der Waals surface area contributed by atoms with Crippen molar-refractivity contribution in [1.29, 1.82) is 5.26 Å². The summed E-state index contributed by atoms with van der Waals surface area (Å²) in [6.07, 6.45) is 5.03. The predicted octanol–water partition coefficient (Wildman–Crippen LogP) is 3.65. The molecule has 3 amide bonds. The van der Waals surface area contributed by atoms with Gasteiger partial charge >= 0.3 is 6.03 Å². The normalized spacial score (nSPS) is 24.8. The van der Waals surface area contributed by atoms with E-state index in [2.05, 4.69) is 22.8 Å². The van der Waals surface area contributed by atoms with Gasteiger partial charge in [-0.15, -0.1) is 0 Å². The van der Waals surface area contributed by atoms with E-state index in [9.17, 15) is 23.6 Å². The van der Waals surface area contributed by atoms with E-state index in [1.807, 2.05) is 18.2 Å². The molecular formula is C24H30F2N4O2. The lowest BCUT2D eigenvalue weighted by molar-refractivity contribution is -0.126. The van der Waals surface area contributed by atoms with E-state index in [1.54, 1.807) is 4.90 Å². The molecule has 4 rings (SSSR count). The second kappa shape index (κ2) is 8.34. The highest BCUT2D eigenvalue weighted by molar-refractivity contribution is 5.88. The zero-order valence-electron chi connectivity index (χ0n) is 18.4. The molecule has 0 radical (unpaired) electrons. The summed E-state index contributed by atoms with van der Waals surface area (Å²) in [7, 11) is 0. The summed E-state index contributed by atoms with van der Waals surface area (Å²) in [5.74, 6) is -3.86. The average molecular weight is 445 g/mol. The number of likely N-dealkylation sites (tertiary alicyclic amines) is 1. The average Bonchev–Trinajstić information content (AvgIpc) is 3.53. The number of benzene rings is 1. The summed E-state index contributed by atoms with van der Waals surface area (Å²) >= 11 is 0. The highest BCUT2D eigenvalue weighted by atomic mass is 19.3. The van der Waals surface area contributed by atoms with Gasteiger partial charge in [0, 0.05) is 24.9 Å². The third-order valence-corrected chi connectivity index (χ3v) is 7.06. The van der Waals surface area contributed by atoms with Crippen molar-refractivity contribution in [2.24, 2.45) is 0 Å². The minimum Gasteiger partial charge on any atom is -0.336 e. The van der Waals surface area contributed by atoms with Crippen LogP contribution in [0.1, 0.15) is 63.0 Å². The minimum atomic E-state index is -3.13. The molecule has 1 heterocycles. The third kappa shape index (κ3) is 4.72. The summed E-state index contributed by atoms with van der Waals surface area (Å²) in [5, 5.41) is 14.3. The molecule has 2 unspecified atom stereocenters. The number of nitrogens with zero attached hydrogens (tertiary/aromatic N) is 2. The lowest BCUT2D eigenvalue weighted by Crippen LogP contribution is -2.58. The first-order valence-electron chi connectivity index (χ1n) is 11.4. The zero-order chi connectivity index (χ0) is 23.0. The Bertz CT molecular complexity index is 935. The molecule has 0 aromatic heterocycles. The fourth-order valence-electron chi connectivity index (χ4n) is 5.26. The Kier molecular flexibility index (Phi) is 5.87. The van der Waals surface area contributed by atoms with Gasteiger partial charge in [0.2, 0.25) is 11.8 Å². The molecule has 32 heavy (non-hydrogen) atoms. The number of rotatable bonds is 5. The molecule has 1 saturated carbocycles. The van der Waals surface area contributed by atoms with Gasteiger partial charge in [-0.05, 0) is 63.0 Å². The number of piperidine rings is 1. The van der Waals surface area contributed by atoms with Crippen LogP contribution in [0.15, 0.2) is 24.3 Å². The molecule has 172 valence electrons. The van der Waals surface area contributed by atoms with Crippen molar-refractivity contribution in [2.45, 2.75) is 81.2 Å². The van der Waals surface area contributed by atoms with Crippen LogP contribution in [0.25, 0.3) is 0 Å². The molecule has 2 N–H and O–H groups in total. The highest BCUT2D eigenvalue weighted by Crippen LogP contribution is 2.43. The van der Waals surface area contributed by atoms with Crippen molar-refractivity contribution < 1.29 is 18.4 Å². The van der Waals surface area contributed by atoms with Crippen LogP contribution in [0.2, 0.25) is 0 Å². The van der Waals surface area contributed by atoms with Crippen molar-refractivity contribution in [1.82, 2.24) is 15.5 Å². The van der Waals surface area contributed by atoms with E-state index < -0.39 is 35.9 Å². The summed E-state index contributed by atoms with van der Waals surface area (Å²) in [6, 6.07) is 8.46. The van der Waals surface area contributed by atoms with E-state index in [-0.39, 0.29) is 5.41 Å². The number of nitrogens with one attached hydrogen (secondary N) is 2. The van der Waals surface area contributed by atoms with E-state index in [1.165, 1.54) is 11.1 Å². The fraction of sp³-hybridized carbons (Fsp3) is 0.625. The number of amides is 3. The van der Waals surface area contributed by atoms with Crippen molar-refractivity contribution in [3.05, 3.63) is 35.4 Å². The first-order chi connectivity index (χ1) is 15.2. The molecule has 2 fully saturated rings. The number of urea groups is 1. The Morgan fingerprint density at radius 1 is 1.22 bits per heavy atom. The Labute approximate surface area is 187 Å². The second-order valence-electron chi connectivity index (χ2n) is 9.78. The molecule has 6 nitrogen and oxygen atoms in total. The zero-order valence-corrected chi connectivity index (χ0v) is 18.4. The molecular weight excluding hydrogens is 414 g/mol. The number of hydrogen-bond donors (Lipinski definition) is 2. The van der Waals surface area contributed by atoms with E-state index in [0.29, 0.717) is 25.9 Å². The number of carbonyl (C=O) groups is 2. The fourth-order valence-corrected chi connectivity index (χ4v) is 5.26. The van der Waals surface area contributed by atoms with Gasteiger partial charge in [-0.3, -0.25) is 4.79 Å². The van der Waals surface area contributed by atoms with Gasteiger partial charge in [-0.2, -0.15) is 5.26 Å². The van der Waals surface area contributed by atoms with Crippen LogP contribution >= 0.6 is 0 Å². The second-order valence-corrected chi connectivity index (χ2v) is 9.78. The molecule has 1 spiro atoms. The third-order valence-electron chi connectivity index (χ3n) is 7.06. The van der Waals surface area contributed by atoms with Gasteiger partial charge in [-0.25, -0.2) is 13.6 Å². The minimum absolute atomic E-state index is 0.129. The number of carbonyl (C=O) groups excluding carboxylic acids is 2. The molecule has 0 bridgehead atoms. The lowest BCUT2D eigenvalue weighted by atomic mass is 9.66. The molecule has 1 saturated heterocycles. The number of aryl methyl sites for hydroxylation is 1. The Balaban J connectivity index is 1.48. The Morgan fingerprint density at radius 3 is 2.62 bits per heavy atom. The smallest absolute Gasteiger partial charge is 0.318 e. The van der Waals surface area contributed by atoms with Gasteiger partial charge in [0.15, 0.2) is 0 Å². The van der Waals surface area contributed by atoms with Crippen molar-refractivity contribution in [3.8, 4) is 6.07 Å². The topological polar surface area (TPSA) is 85.2 Å². The number of hydrogen-bond acceptors (Lipinski definition) is 3. The largest absolute Gasteiger partial charge is 0.336 e. The van der Waals surface area contributed by atoms with Gasteiger partial charge < -0.3 is 15.5 Å². The molecule has 1 aliphatic heterocycles. The quantitative estimate of drug-likeness (QED) is 0.727. The molecule has 2 atom stereocenters. The summed E-state index contributed by atoms with van der Waals surface area (Å²) in [6.45, 7) is 1.76. The first-order valence-corrected chi connectivity index (χ1v) is 11.4. The number of nitriles is 1. The molecule has 8 heteroatoms. The molecule has 1 aromatic carbocycles. The van der Waals surface area contributed by atoms with E-state index in [4.69, 9.17) is 0 Å². The number of halogens is 2. The van der Waals surface area contributed by atoms with E-state index >= 15 is 0 Å². The number of alkyl halides is 2. The van der Waals surface area contributed by atoms with Gasteiger partial charge in [0.1, 0.15) is 11.6 Å². The number of fused-ring (bicyclic) bond motifs is 2. The van der Waals surface area contributed by atoms with Gasteiger partial charge in [0.05, 0.1) is 6.07 Å². The monoisotopic (exact) mass is 444 g/mol. The van der Waals surface area contributed by atoms with Crippen LogP contribution < -0.4 is 10.6 Å².